The molecule has 3 N–H and O–H groups in total. The molecule has 280 valence electrons. The molecule has 1 heterocycles. The molecule has 1 aliphatic heterocycles. The number of carbonyl (C=O) groups is 2. The molecule has 1 saturated heterocycles. The quantitative estimate of drug-likeness (QED) is 0.0776. The van der Waals surface area contributed by atoms with Crippen molar-refractivity contribution in [3.8, 4) is 22.3 Å². The monoisotopic (exact) mass is 737 g/mol. The highest BCUT2D eigenvalue weighted by atomic mass is 19.4. The summed E-state index contributed by atoms with van der Waals surface area (Å²) in [7, 11) is 0. The van der Waals surface area contributed by atoms with E-state index in [0.29, 0.717) is 86.0 Å². The van der Waals surface area contributed by atoms with Crippen LogP contribution in [0.4, 0.5) is 26.3 Å². The Hall–Kier alpha value is -4.68. The average molecular weight is 738 g/mol. The first-order chi connectivity index (χ1) is 25.3. The van der Waals surface area contributed by atoms with E-state index in [1.807, 2.05) is 36.4 Å². The van der Waals surface area contributed by atoms with Crippen molar-refractivity contribution in [3.05, 3.63) is 119 Å². The standard InChI is InChI=1S/C41H41F6N3O3/c42-40(43,44)26-49-38(53)39(34-14-6-4-11-31(34)32-12-5-7-15-35(32)39)22-8-1-9-23-48-36(51)28-20-24-50(25-21-28)37(52)33-13-3-2-10-30(33)27-16-18-29(19-17-27)41(45,46)47/h2-7,10-19,28,36,48,51H,1,8-9,20-26H2,(H,49,53). The van der Waals surface area contributed by atoms with E-state index < -0.39 is 42.0 Å². The Bertz CT molecular complexity index is 1860. The minimum absolute atomic E-state index is 0.101. The second-order valence-electron chi connectivity index (χ2n) is 13.8. The maximum atomic E-state index is 13.7. The van der Waals surface area contributed by atoms with Gasteiger partial charge in [-0.3, -0.25) is 14.9 Å². The van der Waals surface area contributed by atoms with Gasteiger partial charge in [-0.15, -0.1) is 0 Å². The molecule has 1 aliphatic carbocycles. The van der Waals surface area contributed by atoms with Crippen molar-refractivity contribution in [1.29, 1.82) is 0 Å². The van der Waals surface area contributed by atoms with Crippen LogP contribution in [-0.4, -0.2) is 60.4 Å². The summed E-state index contributed by atoms with van der Waals surface area (Å²) in [6.07, 6.45) is -6.48. The predicted molar refractivity (Wildman–Crippen MR) is 190 cm³/mol. The molecular formula is C41H41F6N3O3. The first kappa shape index (κ1) is 38.1. The number of rotatable bonds is 12. The Labute approximate surface area is 304 Å². The lowest BCUT2D eigenvalue weighted by Gasteiger charge is -2.35. The zero-order chi connectivity index (χ0) is 37.8. The zero-order valence-corrected chi connectivity index (χ0v) is 28.9. The predicted octanol–water partition coefficient (Wildman–Crippen LogP) is 8.34. The molecule has 4 aromatic carbocycles. The van der Waals surface area contributed by atoms with Gasteiger partial charge < -0.3 is 15.3 Å². The third-order valence-electron chi connectivity index (χ3n) is 10.4. The number of hydrogen-bond donors (Lipinski definition) is 3. The number of likely N-dealkylation sites (tertiary alicyclic amines) is 1. The van der Waals surface area contributed by atoms with E-state index in [1.54, 1.807) is 41.3 Å². The van der Waals surface area contributed by atoms with Gasteiger partial charge in [-0.05, 0) is 83.8 Å². The number of aliphatic hydroxyl groups excluding tert-OH is 1. The molecule has 0 aromatic heterocycles. The summed E-state index contributed by atoms with van der Waals surface area (Å²) in [5, 5.41) is 16.3. The summed E-state index contributed by atoms with van der Waals surface area (Å²) < 4.78 is 78.7. The van der Waals surface area contributed by atoms with Crippen molar-refractivity contribution in [3.63, 3.8) is 0 Å². The zero-order valence-electron chi connectivity index (χ0n) is 28.9. The van der Waals surface area contributed by atoms with E-state index in [0.717, 1.165) is 23.3 Å². The molecule has 0 radical (unpaired) electrons. The molecule has 6 rings (SSSR count). The molecule has 0 spiro atoms. The van der Waals surface area contributed by atoms with Crippen molar-refractivity contribution < 1.29 is 41.0 Å². The van der Waals surface area contributed by atoms with Crippen LogP contribution in [-0.2, 0) is 16.4 Å². The fourth-order valence-electron chi connectivity index (χ4n) is 7.74. The van der Waals surface area contributed by atoms with Crippen molar-refractivity contribution in [2.75, 3.05) is 26.2 Å². The Kier molecular flexibility index (Phi) is 11.3. The number of fused-ring (bicyclic) bond motifs is 3. The van der Waals surface area contributed by atoms with Crippen molar-refractivity contribution >= 4 is 11.8 Å². The van der Waals surface area contributed by atoms with E-state index in [1.165, 1.54) is 12.1 Å². The number of benzene rings is 4. The van der Waals surface area contributed by atoms with E-state index in [4.69, 9.17) is 0 Å². The highest BCUT2D eigenvalue weighted by Gasteiger charge is 2.49. The minimum atomic E-state index is -4.54. The topological polar surface area (TPSA) is 81.7 Å². The molecule has 4 aromatic rings. The lowest BCUT2D eigenvalue weighted by atomic mass is 9.73. The normalized spacial score (nSPS) is 16.2. The van der Waals surface area contributed by atoms with Crippen LogP contribution in [0, 0.1) is 5.92 Å². The molecule has 0 bridgehead atoms. The van der Waals surface area contributed by atoms with E-state index in [-0.39, 0.29) is 11.8 Å². The van der Waals surface area contributed by atoms with Crippen LogP contribution in [0.2, 0.25) is 0 Å². The van der Waals surface area contributed by atoms with Gasteiger partial charge >= 0.3 is 12.4 Å². The molecule has 53 heavy (non-hydrogen) atoms. The fourth-order valence-corrected chi connectivity index (χ4v) is 7.74. The maximum absolute atomic E-state index is 13.7. The number of nitrogens with one attached hydrogen (secondary N) is 2. The number of amides is 2. The van der Waals surface area contributed by atoms with Gasteiger partial charge in [-0.1, -0.05) is 91.7 Å². The molecule has 0 saturated carbocycles. The van der Waals surface area contributed by atoms with Gasteiger partial charge in [0.25, 0.3) is 5.91 Å². The average Bonchev–Trinajstić information content (AvgIpc) is 3.44. The molecule has 2 amide bonds. The first-order valence-electron chi connectivity index (χ1n) is 17.8. The number of halogens is 6. The summed E-state index contributed by atoms with van der Waals surface area (Å²) in [4.78, 5) is 28.9. The third kappa shape index (κ3) is 8.28. The Morgan fingerprint density at radius 2 is 1.32 bits per heavy atom. The maximum Gasteiger partial charge on any atom is 0.416 e. The highest BCUT2D eigenvalue weighted by molar-refractivity contribution is 6.01. The number of alkyl halides is 6. The Morgan fingerprint density at radius 3 is 1.91 bits per heavy atom. The number of aliphatic hydroxyl groups is 1. The van der Waals surface area contributed by atoms with Crippen LogP contribution in [0.15, 0.2) is 97.1 Å². The lowest BCUT2D eigenvalue weighted by Crippen LogP contribution is -2.47. The van der Waals surface area contributed by atoms with Crippen LogP contribution in [0.25, 0.3) is 22.3 Å². The fraction of sp³-hybridized carbons (Fsp3) is 0.366. The third-order valence-corrected chi connectivity index (χ3v) is 10.4. The summed E-state index contributed by atoms with van der Waals surface area (Å²) in [5.74, 6) is -0.997. The van der Waals surface area contributed by atoms with Crippen LogP contribution >= 0.6 is 0 Å². The molecule has 1 unspecified atom stereocenters. The van der Waals surface area contributed by atoms with Gasteiger partial charge in [-0.25, -0.2) is 0 Å². The molecule has 1 fully saturated rings. The van der Waals surface area contributed by atoms with Gasteiger partial charge in [0.15, 0.2) is 0 Å². The molecular weight excluding hydrogens is 696 g/mol. The number of piperidine rings is 1. The second-order valence-corrected chi connectivity index (χ2v) is 13.8. The SMILES string of the molecule is O=C(c1ccccc1-c1ccc(C(F)(F)F)cc1)N1CCC(C(O)NCCCCCC2(C(=O)NCC(F)(F)F)c3ccccc3-c3ccccc32)CC1. The summed E-state index contributed by atoms with van der Waals surface area (Å²) in [5.41, 5.74) is 2.50. The van der Waals surface area contributed by atoms with Gasteiger partial charge in [0.05, 0.1) is 5.56 Å². The molecule has 1 atom stereocenters. The van der Waals surface area contributed by atoms with Crippen molar-refractivity contribution in [1.82, 2.24) is 15.5 Å². The van der Waals surface area contributed by atoms with E-state index >= 15 is 0 Å². The van der Waals surface area contributed by atoms with Gasteiger partial charge in [-0.2, -0.15) is 26.3 Å². The highest BCUT2D eigenvalue weighted by Crippen LogP contribution is 2.51. The minimum Gasteiger partial charge on any atom is -0.378 e. The summed E-state index contributed by atoms with van der Waals surface area (Å²) in [6, 6.07) is 26.3. The van der Waals surface area contributed by atoms with Crippen molar-refractivity contribution in [2.45, 2.75) is 62.5 Å². The van der Waals surface area contributed by atoms with Crippen LogP contribution < -0.4 is 10.6 Å². The van der Waals surface area contributed by atoms with Crippen LogP contribution in [0.3, 0.4) is 0 Å². The summed E-state index contributed by atoms with van der Waals surface area (Å²) >= 11 is 0. The first-order valence-corrected chi connectivity index (χ1v) is 17.8. The number of nitrogens with zero attached hydrogens (tertiary/aromatic N) is 1. The smallest absolute Gasteiger partial charge is 0.378 e. The van der Waals surface area contributed by atoms with Crippen molar-refractivity contribution in [2.24, 2.45) is 5.92 Å². The number of carbonyl (C=O) groups excluding carboxylic acids is 2. The Morgan fingerprint density at radius 1 is 0.755 bits per heavy atom. The van der Waals surface area contributed by atoms with Gasteiger partial charge in [0.2, 0.25) is 5.91 Å². The molecule has 12 heteroatoms. The van der Waals surface area contributed by atoms with Crippen LogP contribution in [0.5, 0.6) is 0 Å². The van der Waals surface area contributed by atoms with Crippen LogP contribution in [0.1, 0.15) is 65.6 Å². The van der Waals surface area contributed by atoms with Gasteiger partial charge in [0, 0.05) is 24.6 Å². The number of unbranched alkanes of at least 4 members (excludes halogenated alkanes) is 2. The molecule has 2 aliphatic rings. The lowest BCUT2D eigenvalue weighted by molar-refractivity contribution is -0.141. The number of hydrogen-bond acceptors (Lipinski definition) is 4. The second kappa shape index (κ2) is 15.7. The van der Waals surface area contributed by atoms with E-state index in [9.17, 15) is 41.0 Å². The summed E-state index contributed by atoms with van der Waals surface area (Å²) in [6.45, 7) is -0.111. The van der Waals surface area contributed by atoms with Gasteiger partial charge in [0.1, 0.15) is 18.2 Å². The van der Waals surface area contributed by atoms with E-state index in [2.05, 4.69) is 10.6 Å². The molecule has 6 nitrogen and oxygen atoms in total. The largest absolute Gasteiger partial charge is 0.416 e. The Balaban J connectivity index is 1.00.